The van der Waals surface area contributed by atoms with E-state index in [2.05, 4.69) is 54.0 Å². The Bertz CT molecular complexity index is 1160. The molecule has 0 fully saturated rings. The van der Waals surface area contributed by atoms with Crippen molar-refractivity contribution in [1.82, 2.24) is 9.38 Å². The average molecular weight is 419 g/mol. The molecule has 0 bridgehead atoms. The molecule has 0 saturated carbocycles. The quantitative estimate of drug-likeness (QED) is 0.465. The fourth-order valence-electron chi connectivity index (χ4n) is 3.86. The van der Waals surface area contributed by atoms with E-state index in [1.807, 2.05) is 25.1 Å². The number of aryl methyl sites for hydroxylation is 2. The van der Waals surface area contributed by atoms with Gasteiger partial charge in [-0.15, -0.1) is 11.3 Å². The van der Waals surface area contributed by atoms with Gasteiger partial charge in [0, 0.05) is 17.3 Å². The molecule has 4 aromatic rings. The second-order valence-electron chi connectivity index (χ2n) is 7.72. The van der Waals surface area contributed by atoms with Gasteiger partial charge in [0.1, 0.15) is 23.9 Å². The van der Waals surface area contributed by atoms with Gasteiger partial charge in [-0.1, -0.05) is 49.7 Å². The Kier molecular flexibility index (Phi) is 6.41. The predicted octanol–water partition coefficient (Wildman–Crippen LogP) is 4.26. The van der Waals surface area contributed by atoms with Gasteiger partial charge in [-0.3, -0.25) is 9.20 Å². The van der Waals surface area contributed by atoms with Gasteiger partial charge >= 0.3 is 0 Å². The fourth-order valence-corrected chi connectivity index (χ4v) is 4.71. The van der Waals surface area contributed by atoms with Gasteiger partial charge in [-0.25, -0.2) is 4.98 Å². The number of nitrogens with two attached hydrogens (primary N) is 1. The highest BCUT2D eigenvalue weighted by atomic mass is 32.1. The summed E-state index contributed by atoms with van der Waals surface area (Å²) < 4.78 is 1.66. The Hall–Kier alpha value is -2.76. The molecular formula is C25H28N3OS+. The standard InChI is InChI=1S/C25H27N3OS/c1-3-4-8-19-11-13-20(14-12-19)25(22-9-6-15-30-22)26-17-21-16-24(29)28-18(2)7-5-10-23(28)27-21/h5-7,9-16,25-26H,3-4,8,17H2,1-2H3/p+1/t25-/m1/s1. The number of aromatic nitrogens is 2. The van der Waals surface area contributed by atoms with E-state index in [-0.39, 0.29) is 11.6 Å². The number of rotatable bonds is 8. The monoisotopic (exact) mass is 418 g/mol. The third-order valence-corrected chi connectivity index (χ3v) is 6.46. The summed E-state index contributed by atoms with van der Waals surface area (Å²) in [5.41, 5.74) is 5.08. The summed E-state index contributed by atoms with van der Waals surface area (Å²) in [5.74, 6) is 0. The molecule has 3 heterocycles. The van der Waals surface area contributed by atoms with E-state index in [0.717, 1.165) is 17.8 Å². The molecule has 154 valence electrons. The van der Waals surface area contributed by atoms with Crippen LogP contribution in [0, 0.1) is 6.92 Å². The molecular weight excluding hydrogens is 390 g/mol. The lowest BCUT2D eigenvalue weighted by atomic mass is 10.0. The average Bonchev–Trinajstić information content (AvgIpc) is 3.28. The van der Waals surface area contributed by atoms with E-state index in [4.69, 9.17) is 4.98 Å². The molecule has 4 rings (SSSR count). The van der Waals surface area contributed by atoms with Crippen LogP contribution in [0.4, 0.5) is 0 Å². The number of unbranched alkanes of at least 4 members (excludes halogenated alkanes) is 1. The maximum atomic E-state index is 12.6. The summed E-state index contributed by atoms with van der Waals surface area (Å²) in [5, 5.41) is 4.40. The van der Waals surface area contributed by atoms with Gasteiger partial charge in [0.15, 0.2) is 0 Å². The molecule has 0 aliphatic carbocycles. The smallest absolute Gasteiger partial charge is 0.258 e. The second kappa shape index (κ2) is 9.37. The van der Waals surface area contributed by atoms with Crippen LogP contribution in [0.25, 0.3) is 5.65 Å². The number of thiophene rings is 1. The number of nitrogens with zero attached hydrogens (tertiary/aromatic N) is 2. The van der Waals surface area contributed by atoms with Gasteiger partial charge in [0.05, 0.1) is 4.88 Å². The van der Waals surface area contributed by atoms with Gasteiger partial charge < -0.3 is 5.32 Å². The van der Waals surface area contributed by atoms with Gasteiger partial charge in [0.25, 0.3) is 5.56 Å². The summed E-state index contributed by atoms with van der Waals surface area (Å²) in [4.78, 5) is 18.6. The van der Waals surface area contributed by atoms with E-state index in [1.54, 1.807) is 21.8 Å². The topological polar surface area (TPSA) is 51.0 Å². The van der Waals surface area contributed by atoms with Crippen molar-refractivity contribution >= 4 is 17.0 Å². The van der Waals surface area contributed by atoms with Crippen molar-refractivity contribution in [2.24, 2.45) is 0 Å². The molecule has 0 aliphatic heterocycles. The molecule has 3 aromatic heterocycles. The highest BCUT2D eigenvalue weighted by molar-refractivity contribution is 7.10. The van der Waals surface area contributed by atoms with Gasteiger partial charge in [0.2, 0.25) is 0 Å². The molecule has 0 radical (unpaired) electrons. The van der Waals surface area contributed by atoms with Crippen molar-refractivity contribution in [1.29, 1.82) is 0 Å². The SMILES string of the molecule is CCCCc1ccc([C@@H]([NH2+]Cc2cc(=O)n3c(C)cccc3n2)c2cccs2)cc1. The fraction of sp³-hybridized carbons (Fsp3) is 0.280. The second-order valence-corrected chi connectivity index (χ2v) is 8.70. The Morgan fingerprint density at radius 1 is 1.10 bits per heavy atom. The van der Waals surface area contributed by atoms with Crippen LogP contribution < -0.4 is 10.9 Å². The first-order valence-corrected chi connectivity index (χ1v) is 11.5. The first kappa shape index (κ1) is 20.5. The molecule has 1 atom stereocenters. The lowest BCUT2D eigenvalue weighted by Crippen LogP contribution is -2.84. The van der Waals surface area contributed by atoms with E-state index in [9.17, 15) is 4.79 Å². The van der Waals surface area contributed by atoms with Gasteiger partial charge in [-0.2, -0.15) is 0 Å². The lowest BCUT2D eigenvalue weighted by Gasteiger charge is -2.15. The number of quaternary nitrogens is 1. The Morgan fingerprint density at radius 3 is 2.67 bits per heavy atom. The minimum Gasteiger partial charge on any atom is -0.331 e. The summed E-state index contributed by atoms with van der Waals surface area (Å²) in [6.45, 7) is 4.81. The summed E-state index contributed by atoms with van der Waals surface area (Å²) in [6, 6.07) is 20.9. The molecule has 5 heteroatoms. The molecule has 30 heavy (non-hydrogen) atoms. The Morgan fingerprint density at radius 2 is 1.93 bits per heavy atom. The maximum Gasteiger partial charge on any atom is 0.258 e. The lowest BCUT2D eigenvalue weighted by molar-refractivity contribution is -0.702. The minimum atomic E-state index is -0.0190. The van der Waals surface area contributed by atoms with Crippen LogP contribution in [-0.2, 0) is 13.0 Å². The van der Waals surface area contributed by atoms with Gasteiger partial charge in [-0.05, 0) is 48.9 Å². The highest BCUT2D eigenvalue weighted by Crippen LogP contribution is 2.23. The summed E-state index contributed by atoms with van der Waals surface area (Å²) in [6.07, 6.45) is 3.57. The zero-order valence-corrected chi connectivity index (χ0v) is 18.4. The van der Waals surface area contributed by atoms with Crippen molar-refractivity contribution in [3.8, 4) is 0 Å². The van der Waals surface area contributed by atoms with Crippen LogP contribution in [0.15, 0.2) is 70.8 Å². The van der Waals surface area contributed by atoms with Crippen molar-refractivity contribution in [3.05, 3.63) is 104 Å². The normalized spacial score (nSPS) is 12.3. The van der Waals surface area contributed by atoms with Crippen molar-refractivity contribution in [2.45, 2.75) is 45.7 Å². The number of pyridine rings is 1. The van der Waals surface area contributed by atoms with Crippen LogP contribution in [0.1, 0.15) is 53.2 Å². The number of hydrogen-bond acceptors (Lipinski definition) is 3. The zero-order valence-electron chi connectivity index (χ0n) is 17.5. The van der Waals surface area contributed by atoms with Crippen LogP contribution in [0.5, 0.6) is 0 Å². The summed E-state index contributed by atoms with van der Waals surface area (Å²) >= 11 is 1.77. The third kappa shape index (κ3) is 4.53. The largest absolute Gasteiger partial charge is 0.331 e. The minimum absolute atomic E-state index is 0.0190. The highest BCUT2D eigenvalue weighted by Gasteiger charge is 2.19. The molecule has 1 aromatic carbocycles. The molecule has 2 N–H and O–H groups in total. The van der Waals surface area contributed by atoms with Crippen LogP contribution in [0.3, 0.4) is 0 Å². The summed E-state index contributed by atoms with van der Waals surface area (Å²) in [7, 11) is 0. The number of fused-ring (bicyclic) bond motifs is 1. The Balaban J connectivity index is 1.58. The maximum absolute atomic E-state index is 12.6. The molecule has 0 amide bonds. The van der Waals surface area contributed by atoms with Crippen molar-refractivity contribution in [2.75, 3.05) is 0 Å². The van der Waals surface area contributed by atoms with E-state index in [1.165, 1.54) is 28.8 Å². The number of hydrogen-bond donors (Lipinski definition) is 1. The molecule has 0 spiro atoms. The van der Waals surface area contributed by atoms with Crippen molar-refractivity contribution in [3.63, 3.8) is 0 Å². The third-order valence-electron chi connectivity index (χ3n) is 5.50. The zero-order chi connectivity index (χ0) is 20.9. The van der Waals surface area contributed by atoms with Crippen LogP contribution in [-0.4, -0.2) is 9.38 Å². The van der Waals surface area contributed by atoms with Crippen LogP contribution >= 0.6 is 11.3 Å². The molecule has 0 aliphatic rings. The molecule has 4 nitrogen and oxygen atoms in total. The first-order chi connectivity index (χ1) is 14.7. The predicted molar refractivity (Wildman–Crippen MR) is 123 cm³/mol. The van der Waals surface area contributed by atoms with E-state index < -0.39 is 0 Å². The van der Waals surface area contributed by atoms with Crippen LogP contribution in [0.2, 0.25) is 0 Å². The number of benzene rings is 1. The molecule has 0 unspecified atom stereocenters. The van der Waals surface area contributed by atoms with E-state index in [0.29, 0.717) is 12.2 Å². The van der Waals surface area contributed by atoms with E-state index >= 15 is 0 Å². The first-order valence-electron chi connectivity index (χ1n) is 10.6. The molecule has 0 saturated heterocycles. The van der Waals surface area contributed by atoms with Crippen molar-refractivity contribution < 1.29 is 5.32 Å². The Labute approximate surface area is 181 Å².